The molecule has 2 aromatic carbocycles. The number of thioether (sulfide) groups is 1. The molecule has 0 unspecified atom stereocenters. The van der Waals surface area contributed by atoms with Gasteiger partial charge >= 0.3 is 0 Å². The first-order valence-electron chi connectivity index (χ1n) is 13.2. The van der Waals surface area contributed by atoms with Crippen LogP contribution in [-0.2, 0) is 11.8 Å². The van der Waals surface area contributed by atoms with Crippen LogP contribution in [0.15, 0.2) is 75.2 Å². The molecule has 204 valence electrons. The molecule has 40 heavy (non-hydrogen) atoms. The predicted molar refractivity (Wildman–Crippen MR) is 154 cm³/mol. The van der Waals surface area contributed by atoms with Crippen LogP contribution in [0, 0.1) is 10.1 Å². The summed E-state index contributed by atoms with van der Waals surface area (Å²) in [5.41, 5.74) is 2.61. The van der Waals surface area contributed by atoms with Gasteiger partial charge in [0.05, 0.1) is 28.1 Å². The zero-order valence-corrected chi connectivity index (χ0v) is 22.6. The zero-order chi connectivity index (χ0) is 27.8. The average Bonchev–Trinajstić information content (AvgIpc) is 3.60. The fourth-order valence-electron chi connectivity index (χ4n) is 5.41. The highest BCUT2D eigenvalue weighted by Gasteiger charge is 2.22. The molecule has 1 saturated carbocycles. The van der Waals surface area contributed by atoms with E-state index in [0.29, 0.717) is 27.6 Å². The first kappa shape index (κ1) is 25.9. The standard InChI is InChI=1S/C29H27N5O5S/c1-32-23-14-9-18(24-8-5-15-39-24)16-22(23)26-27(32)28(36)33(20-10-12-21(13-11-20)34(37)38)29(31-26)40-17-25(35)30-19-6-3-2-4-7-19/h5,8-16,19H,2-4,6-7,17H2,1H3,(H,30,35). The Kier molecular flexibility index (Phi) is 6.89. The van der Waals surface area contributed by atoms with Crippen LogP contribution in [0.1, 0.15) is 32.1 Å². The number of carbonyl (C=O) groups excluding carboxylic acids is 1. The van der Waals surface area contributed by atoms with Crippen LogP contribution < -0.4 is 10.9 Å². The van der Waals surface area contributed by atoms with E-state index in [1.165, 1.54) is 47.0 Å². The lowest BCUT2D eigenvalue weighted by Gasteiger charge is -2.22. The van der Waals surface area contributed by atoms with E-state index in [0.717, 1.165) is 42.1 Å². The van der Waals surface area contributed by atoms with Crippen molar-refractivity contribution in [3.05, 3.63) is 81.3 Å². The third-order valence-electron chi connectivity index (χ3n) is 7.40. The molecule has 0 aliphatic heterocycles. The maximum atomic E-state index is 14.1. The molecule has 1 aliphatic rings. The van der Waals surface area contributed by atoms with Crippen molar-refractivity contribution in [3.63, 3.8) is 0 Å². The van der Waals surface area contributed by atoms with Gasteiger partial charge in [0.15, 0.2) is 5.16 Å². The molecule has 10 nitrogen and oxygen atoms in total. The Morgan fingerprint density at radius 3 is 2.62 bits per heavy atom. The largest absolute Gasteiger partial charge is 0.464 e. The van der Waals surface area contributed by atoms with Crippen LogP contribution in [0.3, 0.4) is 0 Å². The van der Waals surface area contributed by atoms with Crippen LogP contribution in [0.5, 0.6) is 0 Å². The van der Waals surface area contributed by atoms with E-state index in [4.69, 9.17) is 9.40 Å². The van der Waals surface area contributed by atoms with Crippen molar-refractivity contribution in [3.8, 4) is 17.0 Å². The highest BCUT2D eigenvalue weighted by atomic mass is 32.2. The molecule has 1 amide bonds. The van der Waals surface area contributed by atoms with E-state index in [1.54, 1.807) is 10.8 Å². The molecule has 0 atom stereocenters. The lowest BCUT2D eigenvalue weighted by atomic mass is 9.95. The Balaban J connectivity index is 1.46. The second kappa shape index (κ2) is 10.6. The first-order valence-corrected chi connectivity index (χ1v) is 14.2. The number of hydrogen-bond donors (Lipinski definition) is 1. The molecule has 3 aromatic heterocycles. The minimum atomic E-state index is -0.486. The van der Waals surface area contributed by atoms with E-state index < -0.39 is 4.92 Å². The summed E-state index contributed by atoms with van der Waals surface area (Å²) < 4.78 is 8.81. The Morgan fingerprint density at radius 2 is 1.93 bits per heavy atom. The lowest BCUT2D eigenvalue weighted by molar-refractivity contribution is -0.384. The molecule has 0 bridgehead atoms. The van der Waals surface area contributed by atoms with Gasteiger partial charge in [-0.15, -0.1) is 0 Å². The number of benzene rings is 2. The fourth-order valence-corrected chi connectivity index (χ4v) is 6.23. The number of hydrogen-bond acceptors (Lipinski definition) is 7. The second-order valence-corrected chi connectivity index (χ2v) is 10.9. The summed E-state index contributed by atoms with van der Waals surface area (Å²) in [6.45, 7) is 0. The monoisotopic (exact) mass is 557 g/mol. The number of aromatic nitrogens is 3. The van der Waals surface area contributed by atoms with Gasteiger partial charge in [-0.05, 0) is 55.3 Å². The van der Waals surface area contributed by atoms with Crippen LogP contribution in [0.4, 0.5) is 5.69 Å². The fraction of sp³-hybridized carbons (Fsp3) is 0.276. The van der Waals surface area contributed by atoms with Gasteiger partial charge in [0.2, 0.25) is 5.91 Å². The molecule has 1 N–H and O–H groups in total. The topological polar surface area (TPSA) is 125 Å². The number of nitro groups is 1. The van der Waals surface area contributed by atoms with E-state index >= 15 is 0 Å². The van der Waals surface area contributed by atoms with E-state index in [-0.39, 0.29) is 28.9 Å². The minimum Gasteiger partial charge on any atom is -0.464 e. The van der Waals surface area contributed by atoms with Crippen LogP contribution in [0.2, 0.25) is 0 Å². The van der Waals surface area contributed by atoms with Gasteiger partial charge in [0.25, 0.3) is 11.2 Å². The van der Waals surface area contributed by atoms with Crippen molar-refractivity contribution in [2.75, 3.05) is 5.75 Å². The van der Waals surface area contributed by atoms with E-state index in [1.807, 2.05) is 37.4 Å². The Morgan fingerprint density at radius 1 is 1.15 bits per heavy atom. The van der Waals surface area contributed by atoms with Crippen molar-refractivity contribution >= 4 is 45.3 Å². The van der Waals surface area contributed by atoms with Crippen LogP contribution in [0.25, 0.3) is 38.9 Å². The molecular weight excluding hydrogens is 530 g/mol. The third-order valence-corrected chi connectivity index (χ3v) is 8.34. The number of amides is 1. The smallest absolute Gasteiger partial charge is 0.283 e. The molecule has 6 rings (SSSR count). The Hall–Kier alpha value is -4.38. The van der Waals surface area contributed by atoms with Gasteiger partial charge in [-0.1, -0.05) is 31.0 Å². The zero-order valence-electron chi connectivity index (χ0n) is 21.8. The molecule has 3 heterocycles. The Labute approximate surface area is 233 Å². The maximum Gasteiger partial charge on any atom is 0.283 e. The van der Waals surface area contributed by atoms with Gasteiger partial charge < -0.3 is 14.3 Å². The number of nitro benzene ring substituents is 1. The van der Waals surface area contributed by atoms with Gasteiger partial charge in [-0.2, -0.15) is 0 Å². The summed E-state index contributed by atoms with van der Waals surface area (Å²) in [5.74, 6) is 0.677. The highest BCUT2D eigenvalue weighted by Crippen LogP contribution is 2.32. The molecule has 1 fully saturated rings. The molecule has 5 aromatic rings. The predicted octanol–water partition coefficient (Wildman–Crippen LogP) is 5.59. The van der Waals surface area contributed by atoms with Crippen LogP contribution in [-0.4, -0.2) is 36.7 Å². The summed E-state index contributed by atoms with van der Waals surface area (Å²) in [6, 6.07) is 15.4. The number of nitrogens with zero attached hydrogens (tertiary/aromatic N) is 4. The van der Waals surface area contributed by atoms with Crippen molar-refractivity contribution in [1.29, 1.82) is 0 Å². The minimum absolute atomic E-state index is 0.0815. The van der Waals surface area contributed by atoms with Crippen molar-refractivity contribution in [1.82, 2.24) is 19.4 Å². The lowest BCUT2D eigenvalue weighted by Crippen LogP contribution is -2.37. The number of non-ortho nitro benzene ring substituents is 1. The number of carbonyl (C=O) groups is 1. The normalized spacial score (nSPS) is 14.1. The van der Waals surface area contributed by atoms with Gasteiger partial charge in [-0.3, -0.25) is 24.3 Å². The number of rotatable bonds is 7. The summed E-state index contributed by atoms with van der Waals surface area (Å²) in [5, 5.41) is 15.5. The average molecular weight is 558 g/mol. The molecule has 0 radical (unpaired) electrons. The van der Waals surface area contributed by atoms with E-state index in [9.17, 15) is 19.7 Å². The summed E-state index contributed by atoms with van der Waals surface area (Å²) in [7, 11) is 1.81. The number of nitrogens with one attached hydrogen (secondary N) is 1. The summed E-state index contributed by atoms with van der Waals surface area (Å²) >= 11 is 1.18. The summed E-state index contributed by atoms with van der Waals surface area (Å²) in [6.07, 6.45) is 6.97. The van der Waals surface area contributed by atoms with Gasteiger partial charge in [0.1, 0.15) is 16.8 Å². The van der Waals surface area contributed by atoms with Crippen molar-refractivity contribution < 1.29 is 14.1 Å². The molecule has 11 heteroatoms. The number of fused-ring (bicyclic) bond motifs is 3. The molecular formula is C29H27N5O5S. The first-order chi connectivity index (χ1) is 19.4. The van der Waals surface area contributed by atoms with Crippen LogP contribution >= 0.6 is 11.8 Å². The van der Waals surface area contributed by atoms with Crippen molar-refractivity contribution in [2.24, 2.45) is 7.05 Å². The second-order valence-electron chi connectivity index (χ2n) is 9.97. The molecule has 0 saturated heterocycles. The number of furan rings is 1. The SMILES string of the molecule is Cn1c2ccc(-c3ccco3)cc2c2nc(SCC(=O)NC3CCCCC3)n(-c3ccc([N+](=O)[O-])cc3)c(=O)c21. The number of aryl methyl sites for hydroxylation is 1. The Bertz CT molecular complexity index is 1780. The summed E-state index contributed by atoms with van der Waals surface area (Å²) in [4.78, 5) is 42.6. The van der Waals surface area contributed by atoms with E-state index in [2.05, 4.69) is 5.32 Å². The molecule has 0 spiro atoms. The molecule has 1 aliphatic carbocycles. The van der Waals surface area contributed by atoms with Gasteiger partial charge in [0, 0.05) is 36.2 Å². The maximum absolute atomic E-state index is 14.1. The highest BCUT2D eigenvalue weighted by molar-refractivity contribution is 7.99. The van der Waals surface area contributed by atoms with Gasteiger partial charge in [-0.25, -0.2) is 4.98 Å². The quantitative estimate of drug-likeness (QED) is 0.120. The van der Waals surface area contributed by atoms with Crippen molar-refractivity contribution in [2.45, 2.75) is 43.3 Å². The third kappa shape index (κ3) is 4.77.